The first kappa shape index (κ1) is 12.3. The standard InChI is InChI=1S/C11H17ClN2O/c1-9(5-6-12)14-8-10-4-3-7-13-11(10)15-2/h3-4,7,9,14H,5-6,8H2,1-2H3. The average Bonchev–Trinajstić information content (AvgIpc) is 2.27. The molecule has 0 fully saturated rings. The monoisotopic (exact) mass is 228 g/mol. The van der Waals surface area contributed by atoms with Gasteiger partial charge in [-0.1, -0.05) is 6.07 Å². The van der Waals surface area contributed by atoms with Crippen LogP contribution in [0.4, 0.5) is 0 Å². The number of nitrogens with one attached hydrogen (secondary N) is 1. The molecule has 0 saturated carbocycles. The van der Waals surface area contributed by atoms with Crippen LogP contribution in [0.3, 0.4) is 0 Å². The summed E-state index contributed by atoms with van der Waals surface area (Å²) in [6, 6.07) is 4.32. The molecule has 0 radical (unpaired) electrons. The fourth-order valence-corrected chi connectivity index (χ4v) is 1.62. The lowest BCUT2D eigenvalue weighted by Crippen LogP contribution is -2.26. The molecule has 3 nitrogen and oxygen atoms in total. The third-order valence-electron chi connectivity index (χ3n) is 2.23. The van der Waals surface area contributed by atoms with Crippen LogP contribution in [-0.2, 0) is 6.54 Å². The summed E-state index contributed by atoms with van der Waals surface area (Å²) >= 11 is 5.66. The van der Waals surface area contributed by atoms with E-state index in [9.17, 15) is 0 Å². The minimum absolute atomic E-state index is 0.410. The number of hydrogen-bond donors (Lipinski definition) is 1. The van der Waals surface area contributed by atoms with Crippen molar-refractivity contribution in [3.63, 3.8) is 0 Å². The Balaban J connectivity index is 2.49. The van der Waals surface area contributed by atoms with E-state index < -0.39 is 0 Å². The van der Waals surface area contributed by atoms with Gasteiger partial charge in [0.1, 0.15) is 0 Å². The molecule has 0 aliphatic heterocycles. The zero-order valence-corrected chi connectivity index (χ0v) is 9.92. The van der Waals surface area contributed by atoms with Crippen LogP contribution in [0, 0.1) is 0 Å². The van der Waals surface area contributed by atoms with Gasteiger partial charge >= 0.3 is 0 Å². The normalized spacial score (nSPS) is 12.5. The molecule has 4 heteroatoms. The van der Waals surface area contributed by atoms with Crippen molar-refractivity contribution in [2.75, 3.05) is 13.0 Å². The van der Waals surface area contributed by atoms with Gasteiger partial charge < -0.3 is 10.1 Å². The molecule has 1 unspecified atom stereocenters. The van der Waals surface area contributed by atoms with E-state index in [-0.39, 0.29) is 0 Å². The highest BCUT2D eigenvalue weighted by atomic mass is 35.5. The summed E-state index contributed by atoms with van der Waals surface area (Å²) in [6.07, 6.45) is 2.69. The Hall–Kier alpha value is -0.800. The molecule has 1 aromatic rings. The Morgan fingerprint density at radius 3 is 3.07 bits per heavy atom. The van der Waals surface area contributed by atoms with Crippen LogP contribution in [0.15, 0.2) is 18.3 Å². The molecule has 0 aliphatic carbocycles. The van der Waals surface area contributed by atoms with E-state index in [4.69, 9.17) is 16.3 Å². The fraction of sp³-hybridized carbons (Fsp3) is 0.545. The van der Waals surface area contributed by atoms with E-state index in [0.29, 0.717) is 17.8 Å². The summed E-state index contributed by atoms with van der Waals surface area (Å²) in [5, 5.41) is 3.37. The highest BCUT2D eigenvalue weighted by Gasteiger charge is 2.05. The number of halogens is 1. The van der Waals surface area contributed by atoms with Gasteiger partial charge in [-0.3, -0.25) is 0 Å². The van der Waals surface area contributed by atoms with Crippen molar-refractivity contribution in [3.05, 3.63) is 23.9 Å². The highest BCUT2D eigenvalue weighted by Crippen LogP contribution is 2.13. The van der Waals surface area contributed by atoms with Gasteiger partial charge in [-0.15, -0.1) is 11.6 Å². The first-order chi connectivity index (χ1) is 7.27. The molecule has 0 spiro atoms. The van der Waals surface area contributed by atoms with Crippen LogP contribution < -0.4 is 10.1 Å². The van der Waals surface area contributed by atoms with Crippen LogP contribution in [-0.4, -0.2) is 24.0 Å². The number of alkyl halides is 1. The van der Waals surface area contributed by atoms with E-state index in [1.54, 1.807) is 13.3 Å². The van der Waals surface area contributed by atoms with Gasteiger partial charge in [0.05, 0.1) is 7.11 Å². The number of rotatable bonds is 6. The van der Waals surface area contributed by atoms with Crippen LogP contribution >= 0.6 is 11.6 Å². The maximum atomic E-state index is 5.66. The third-order valence-corrected chi connectivity index (χ3v) is 2.44. The highest BCUT2D eigenvalue weighted by molar-refractivity contribution is 6.17. The molecule has 0 aliphatic rings. The van der Waals surface area contributed by atoms with Crippen LogP contribution in [0.2, 0.25) is 0 Å². The molecule has 1 atom stereocenters. The smallest absolute Gasteiger partial charge is 0.217 e. The van der Waals surface area contributed by atoms with E-state index in [1.165, 1.54) is 0 Å². The van der Waals surface area contributed by atoms with Crippen molar-refractivity contribution in [3.8, 4) is 5.88 Å². The maximum absolute atomic E-state index is 5.66. The summed E-state index contributed by atoms with van der Waals surface area (Å²) in [5.41, 5.74) is 1.07. The average molecular weight is 229 g/mol. The SMILES string of the molecule is COc1ncccc1CNC(C)CCCl. The Labute approximate surface area is 95.8 Å². The third kappa shape index (κ3) is 4.06. The van der Waals surface area contributed by atoms with Gasteiger partial charge in [-0.2, -0.15) is 0 Å². The van der Waals surface area contributed by atoms with E-state index in [2.05, 4.69) is 17.2 Å². The topological polar surface area (TPSA) is 34.1 Å². The van der Waals surface area contributed by atoms with Crippen LogP contribution in [0.25, 0.3) is 0 Å². The Morgan fingerprint density at radius 2 is 2.40 bits per heavy atom. The first-order valence-corrected chi connectivity index (χ1v) is 5.58. The number of pyridine rings is 1. The number of aromatic nitrogens is 1. The molecule has 0 saturated heterocycles. The van der Waals surface area contributed by atoms with Gasteiger partial charge in [-0.25, -0.2) is 4.98 Å². The second-order valence-electron chi connectivity index (χ2n) is 3.43. The lowest BCUT2D eigenvalue weighted by Gasteiger charge is -2.13. The molecule has 1 rings (SSSR count). The molecule has 1 heterocycles. The van der Waals surface area contributed by atoms with Crippen LogP contribution in [0.5, 0.6) is 5.88 Å². The van der Waals surface area contributed by atoms with Crippen LogP contribution in [0.1, 0.15) is 18.9 Å². The minimum Gasteiger partial charge on any atom is -0.481 e. The quantitative estimate of drug-likeness (QED) is 0.758. The van der Waals surface area contributed by atoms with Gasteiger partial charge in [0.25, 0.3) is 0 Å². The molecular weight excluding hydrogens is 212 g/mol. The summed E-state index contributed by atoms with van der Waals surface area (Å²) in [7, 11) is 1.63. The number of ether oxygens (including phenoxy) is 1. The number of nitrogens with zero attached hydrogens (tertiary/aromatic N) is 1. The predicted molar refractivity (Wildman–Crippen MR) is 62.4 cm³/mol. The molecule has 0 amide bonds. The van der Waals surface area contributed by atoms with E-state index >= 15 is 0 Å². The second kappa shape index (κ2) is 6.64. The van der Waals surface area contributed by atoms with Gasteiger partial charge in [-0.05, 0) is 19.4 Å². The molecule has 15 heavy (non-hydrogen) atoms. The van der Waals surface area contributed by atoms with Crippen molar-refractivity contribution in [1.82, 2.24) is 10.3 Å². The largest absolute Gasteiger partial charge is 0.481 e. The lowest BCUT2D eigenvalue weighted by molar-refractivity contribution is 0.388. The van der Waals surface area contributed by atoms with E-state index in [0.717, 1.165) is 18.5 Å². The summed E-state index contributed by atoms with van der Waals surface area (Å²) in [5.74, 6) is 1.36. The molecular formula is C11H17ClN2O. The Morgan fingerprint density at radius 1 is 1.60 bits per heavy atom. The van der Waals surface area contributed by atoms with Crippen molar-refractivity contribution in [2.45, 2.75) is 25.9 Å². The molecule has 0 aromatic carbocycles. The Bertz CT molecular complexity index is 294. The summed E-state index contributed by atoms with van der Waals surface area (Å²) in [6.45, 7) is 2.88. The lowest BCUT2D eigenvalue weighted by atomic mass is 10.2. The molecule has 1 N–H and O–H groups in total. The molecule has 0 bridgehead atoms. The maximum Gasteiger partial charge on any atom is 0.217 e. The molecule has 84 valence electrons. The fourth-order valence-electron chi connectivity index (χ4n) is 1.29. The number of methoxy groups -OCH3 is 1. The molecule has 1 aromatic heterocycles. The summed E-state index contributed by atoms with van der Waals surface area (Å²) < 4.78 is 5.16. The summed E-state index contributed by atoms with van der Waals surface area (Å²) in [4.78, 5) is 4.13. The van der Waals surface area contributed by atoms with Gasteiger partial charge in [0, 0.05) is 30.2 Å². The van der Waals surface area contributed by atoms with E-state index in [1.807, 2.05) is 12.1 Å². The zero-order valence-electron chi connectivity index (χ0n) is 9.16. The van der Waals surface area contributed by atoms with Crippen molar-refractivity contribution in [2.24, 2.45) is 0 Å². The Kier molecular flexibility index (Phi) is 5.43. The van der Waals surface area contributed by atoms with Crippen molar-refractivity contribution in [1.29, 1.82) is 0 Å². The first-order valence-electron chi connectivity index (χ1n) is 5.05. The van der Waals surface area contributed by atoms with Crippen molar-refractivity contribution < 1.29 is 4.74 Å². The minimum atomic E-state index is 0.410. The second-order valence-corrected chi connectivity index (χ2v) is 3.81. The zero-order chi connectivity index (χ0) is 11.1. The van der Waals surface area contributed by atoms with Gasteiger partial charge in [0.2, 0.25) is 5.88 Å². The van der Waals surface area contributed by atoms with Gasteiger partial charge in [0.15, 0.2) is 0 Å². The van der Waals surface area contributed by atoms with Crippen molar-refractivity contribution >= 4 is 11.6 Å². The number of hydrogen-bond acceptors (Lipinski definition) is 3. The predicted octanol–water partition coefficient (Wildman–Crippen LogP) is 2.20.